The van der Waals surface area contributed by atoms with Crippen molar-refractivity contribution < 1.29 is 4.74 Å². The Labute approximate surface area is 118 Å². The topological polar surface area (TPSA) is 52.0 Å². The molecule has 2 atom stereocenters. The fraction of sp³-hybridized carbons (Fsp3) is 0.600. The molecule has 0 spiro atoms. The summed E-state index contributed by atoms with van der Waals surface area (Å²) in [5, 5.41) is 3.45. The summed E-state index contributed by atoms with van der Waals surface area (Å²) >= 11 is 0. The van der Waals surface area contributed by atoms with E-state index in [1.54, 1.807) is 0 Å². The maximum absolute atomic E-state index is 5.66. The first-order valence-electron chi connectivity index (χ1n) is 7.55. The monoisotopic (exact) mass is 272 g/mol. The molecule has 2 saturated heterocycles. The third-order valence-electron chi connectivity index (χ3n) is 4.40. The van der Waals surface area contributed by atoms with Crippen LogP contribution in [-0.2, 0) is 4.74 Å². The van der Waals surface area contributed by atoms with Gasteiger partial charge in [-0.25, -0.2) is 9.97 Å². The minimum Gasteiger partial charge on any atom is -0.381 e. The van der Waals surface area contributed by atoms with Crippen LogP contribution < -0.4 is 5.32 Å². The number of ether oxygens (including phenoxy) is 1. The van der Waals surface area contributed by atoms with Gasteiger partial charge in [-0.2, -0.15) is 0 Å². The van der Waals surface area contributed by atoms with Crippen molar-refractivity contribution in [2.24, 2.45) is 0 Å². The van der Waals surface area contributed by atoms with Crippen LogP contribution in [0.3, 0.4) is 0 Å². The average molecular weight is 272 g/mol. The van der Waals surface area contributed by atoms with Gasteiger partial charge in [-0.05, 0) is 37.9 Å². The molecule has 0 saturated carbocycles. The van der Waals surface area contributed by atoms with Gasteiger partial charge >= 0.3 is 0 Å². The van der Waals surface area contributed by atoms with E-state index in [9.17, 15) is 0 Å². The highest BCUT2D eigenvalue weighted by Crippen LogP contribution is 2.31. The second-order valence-corrected chi connectivity index (χ2v) is 5.75. The summed E-state index contributed by atoms with van der Waals surface area (Å²) in [5.41, 5.74) is 2.04. The van der Waals surface area contributed by atoms with Crippen molar-refractivity contribution in [1.82, 2.24) is 19.9 Å². The lowest BCUT2D eigenvalue weighted by molar-refractivity contribution is 0.0768. The summed E-state index contributed by atoms with van der Waals surface area (Å²) in [6.45, 7) is 3.78. The molecule has 20 heavy (non-hydrogen) atoms. The summed E-state index contributed by atoms with van der Waals surface area (Å²) in [4.78, 5) is 9.45. The van der Waals surface area contributed by atoms with E-state index in [2.05, 4.69) is 20.9 Å². The van der Waals surface area contributed by atoms with Gasteiger partial charge in [0.15, 0.2) is 5.65 Å². The number of rotatable bonds is 2. The van der Waals surface area contributed by atoms with Crippen molar-refractivity contribution in [3.05, 3.63) is 24.2 Å². The van der Waals surface area contributed by atoms with Crippen molar-refractivity contribution in [2.45, 2.75) is 31.2 Å². The predicted octanol–water partition coefficient (Wildman–Crippen LogP) is 1.86. The number of imidazole rings is 1. The third kappa shape index (κ3) is 2.01. The molecule has 5 heteroatoms. The van der Waals surface area contributed by atoms with Gasteiger partial charge in [0.05, 0.1) is 12.6 Å². The van der Waals surface area contributed by atoms with Gasteiger partial charge in [0.25, 0.3) is 0 Å². The lowest BCUT2D eigenvalue weighted by atomic mass is 10.0. The van der Waals surface area contributed by atoms with Crippen molar-refractivity contribution >= 4 is 11.2 Å². The molecule has 2 aromatic heterocycles. The molecule has 0 radical (unpaired) electrons. The smallest absolute Gasteiger partial charge is 0.160 e. The number of nitrogens with one attached hydrogen (secondary N) is 1. The molecule has 106 valence electrons. The van der Waals surface area contributed by atoms with Gasteiger partial charge in [0.2, 0.25) is 0 Å². The molecule has 0 amide bonds. The van der Waals surface area contributed by atoms with Gasteiger partial charge < -0.3 is 14.6 Å². The Morgan fingerprint density at radius 1 is 1.35 bits per heavy atom. The number of pyridine rings is 1. The number of hydrogen-bond acceptors (Lipinski definition) is 4. The van der Waals surface area contributed by atoms with Crippen LogP contribution in [0, 0.1) is 0 Å². The molecule has 0 aromatic carbocycles. The molecule has 0 bridgehead atoms. The lowest BCUT2D eigenvalue weighted by Crippen LogP contribution is -2.22. The molecule has 5 nitrogen and oxygen atoms in total. The fourth-order valence-electron chi connectivity index (χ4n) is 3.40. The molecule has 2 fully saturated rings. The minimum atomic E-state index is 0.415. The van der Waals surface area contributed by atoms with Crippen LogP contribution in [0.15, 0.2) is 18.3 Å². The Hall–Kier alpha value is -1.46. The van der Waals surface area contributed by atoms with Gasteiger partial charge in [-0.15, -0.1) is 0 Å². The molecular weight excluding hydrogens is 252 g/mol. The summed E-state index contributed by atoms with van der Waals surface area (Å²) in [6, 6.07) is 4.51. The molecule has 1 N–H and O–H groups in total. The van der Waals surface area contributed by atoms with Crippen LogP contribution in [0.25, 0.3) is 11.2 Å². The minimum absolute atomic E-state index is 0.415. The highest BCUT2D eigenvalue weighted by molar-refractivity contribution is 5.71. The molecule has 4 heterocycles. The zero-order chi connectivity index (χ0) is 13.4. The molecule has 2 aromatic rings. The van der Waals surface area contributed by atoms with Crippen LogP contribution in [0.1, 0.15) is 37.0 Å². The molecular formula is C15H20N4O. The molecule has 4 rings (SSSR count). The van der Waals surface area contributed by atoms with E-state index in [1.165, 1.54) is 12.2 Å². The van der Waals surface area contributed by atoms with E-state index in [0.29, 0.717) is 12.0 Å². The first-order chi connectivity index (χ1) is 9.93. The Morgan fingerprint density at radius 3 is 3.15 bits per heavy atom. The largest absolute Gasteiger partial charge is 0.381 e. The Balaban J connectivity index is 1.82. The Kier molecular flexibility index (Phi) is 3.16. The molecule has 0 aliphatic carbocycles. The van der Waals surface area contributed by atoms with E-state index in [4.69, 9.17) is 9.72 Å². The zero-order valence-electron chi connectivity index (χ0n) is 11.6. The second-order valence-electron chi connectivity index (χ2n) is 5.75. The van der Waals surface area contributed by atoms with Crippen molar-refractivity contribution in [2.75, 3.05) is 26.3 Å². The van der Waals surface area contributed by atoms with E-state index in [-0.39, 0.29) is 0 Å². The van der Waals surface area contributed by atoms with Crippen LogP contribution in [-0.4, -0.2) is 40.8 Å². The van der Waals surface area contributed by atoms with Crippen LogP contribution in [0.5, 0.6) is 0 Å². The van der Waals surface area contributed by atoms with Gasteiger partial charge in [-0.3, -0.25) is 0 Å². The van der Waals surface area contributed by atoms with Crippen LogP contribution in [0.2, 0.25) is 0 Å². The number of fused-ring (bicyclic) bond motifs is 1. The summed E-state index contributed by atoms with van der Waals surface area (Å²) in [7, 11) is 0. The van der Waals surface area contributed by atoms with E-state index < -0.39 is 0 Å². The van der Waals surface area contributed by atoms with Gasteiger partial charge in [-0.1, -0.05) is 0 Å². The maximum atomic E-state index is 5.66. The quantitative estimate of drug-likeness (QED) is 0.906. The molecule has 2 unspecified atom stereocenters. The summed E-state index contributed by atoms with van der Waals surface area (Å²) in [5.74, 6) is 1.59. The number of hydrogen-bond donors (Lipinski definition) is 1. The van der Waals surface area contributed by atoms with Gasteiger partial charge in [0, 0.05) is 25.3 Å². The fourth-order valence-corrected chi connectivity index (χ4v) is 3.40. The van der Waals surface area contributed by atoms with E-state index in [1.807, 2.05) is 12.3 Å². The van der Waals surface area contributed by atoms with Crippen LogP contribution >= 0.6 is 0 Å². The normalized spacial score (nSPS) is 27.2. The lowest BCUT2D eigenvalue weighted by Gasteiger charge is -2.24. The summed E-state index contributed by atoms with van der Waals surface area (Å²) in [6.07, 6.45) is 5.32. The van der Waals surface area contributed by atoms with Crippen molar-refractivity contribution in [3.8, 4) is 0 Å². The Morgan fingerprint density at radius 2 is 2.35 bits per heavy atom. The zero-order valence-corrected chi connectivity index (χ0v) is 11.6. The van der Waals surface area contributed by atoms with Crippen LogP contribution in [0.4, 0.5) is 0 Å². The number of nitrogens with zero attached hydrogens (tertiary/aromatic N) is 3. The predicted molar refractivity (Wildman–Crippen MR) is 76.8 cm³/mol. The maximum Gasteiger partial charge on any atom is 0.160 e. The second kappa shape index (κ2) is 5.14. The first kappa shape index (κ1) is 12.3. The highest BCUT2D eigenvalue weighted by atomic mass is 16.5. The SMILES string of the molecule is c1cnc2c(c1)nc(C1CCCOC1)n2C1CCNC1. The highest BCUT2D eigenvalue weighted by Gasteiger charge is 2.28. The van der Waals surface area contributed by atoms with Crippen molar-refractivity contribution in [3.63, 3.8) is 0 Å². The third-order valence-corrected chi connectivity index (χ3v) is 4.40. The van der Waals surface area contributed by atoms with Gasteiger partial charge in [0.1, 0.15) is 11.3 Å². The molecule has 2 aliphatic heterocycles. The standard InChI is InChI=1S/C15H20N4O/c1-4-13-15(17-6-1)19(12-5-7-16-9-12)14(18-13)11-3-2-8-20-10-11/h1,4,6,11-12,16H,2-3,5,7-10H2. The molecule has 2 aliphatic rings. The average Bonchev–Trinajstić information content (AvgIpc) is 3.14. The number of aromatic nitrogens is 3. The Bertz CT molecular complexity index is 597. The van der Waals surface area contributed by atoms with Crippen molar-refractivity contribution in [1.29, 1.82) is 0 Å². The first-order valence-corrected chi connectivity index (χ1v) is 7.55. The summed E-state index contributed by atoms with van der Waals surface area (Å²) < 4.78 is 8.03. The van der Waals surface area contributed by atoms with E-state index in [0.717, 1.165) is 50.3 Å². The van der Waals surface area contributed by atoms with E-state index >= 15 is 0 Å².